The fourth-order valence-electron chi connectivity index (χ4n) is 4.52. The Bertz CT molecular complexity index is 832. The summed E-state index contributed by atoms with van der Waals surface area (Å²) in [4.78, 5) is 15.1. The van der Waals surface area contributed by atoms with Crippen LogP contribution in [0.3, 0.4) is 0 Å². The van der Waals surface area contributed by atoms with Crippen molar-refractivity contribution in [1.29, 1.82) is 0 Å². The number of likely N-dealkylation sites (tertiary alicyclic amines) is 1. The molecule has 4 heteroatoms. The van der Waals surface area contributed by atoms with Gasteiger partial charge in [-0.05, 0) is 31.9 Å². The number of para-hydroxylation sites is 1. The Morgan fingerprint density at radius 3 is 2.50 bits per heavy atom. The topological polar surface area (TPSA) is 42.7 Å². The summed E-state index contributed by atoms with van der Waals surface area (Å²) in [5.74, 6) is 0.714. The van der Waals surface area contributed by atoms with Crippen LogP contribution in [0.25, 0.3) is 11.0 Å². The molecule has 0 unspecified atom stereocenters. The van der Waals surface area contributed by atoms with Gasteiger partial charge in [0.05, 0.1) is 10.9 Å². The van der Waals surface area contributed by atoms with E-state index in [-0.39, 0.29) is 16.8 Å². The molecule has 3 heterocycles. The van der Waals surface area contributed by atoms with Gasteiger partial charge >= 0.3 is 5.63 Å². The molecule has 0 N–H and O–H groups in total. The minimum atomic E-state index is -0.381. The molecule has 0 radical (unpaired) electrons. The molecule has 1 aromatic carbocycles. The van der Waals surface area contributed by atoms with Crippen LogP contribution < -0.4 is 10.4 Å². The van der Waals surface area contributed by atoms with E-state index >= 15 is 0 Å². The number of benzene rings is 1. The lowest BCUT2D eigenvalue weighted by Crippen LogP contribution is -2.58. The second-order valence-electron chi connectivity index (χ2n) is 7.98. The zero-order valence-electron chi connectivity index (χ0n) is 14.7. The van der Waals surface area contributed by atoms with Crippen LogP contribution in [0.15, 0.2) is 33.5 Å². The molecule has 24 heavy (non-hydrogen) atoms. The standard InChI is InChI=1S/C20H25NO3/c1-19(2)13-20(3,21-11-7-4-8-12-21)24-17-14-9-5-6-10-15(14)23-18(22)16(17)19/h5-6,9-10H,4,7-8,11-13H2,1-3H3/t20-/m1/s1. The molecule has 4 nitrogen and oxygen atoms in total. The number of piperidine rings is 1. The molecule has 0 saturated carbocycles. The van der Waals surface area contributed by atoms with Crippen LogP contribution in [0.1, 0.15) is 52.0 Å². The first-order chi connectivity index (χ1) is 11.4. The van der Waals surface area contributed by atoms with Crippen molar-refractivity contribution < 1.29 is 9.15 Å². The van der Waals surface area contributed by atoms with Gasteiger partial charge < -0.3 is 9.15 Å². The molecular weight excluding hydrogens is 302 g/mol. The highest BCUT2D eigenvalue weighted by atomic mass is 16.5. The maximum absolute atomic E-state index is 12.6. The molecule has 2 aromatic rings. The minimum Gasteiger partial charge on any atom is -0.471 e. The Hall–Kier alpha value is -1.81. The summed E-state index contributed by atoms with van der Waals surface area (Å²) in [6, 6.07) is 7.66. The summed E-state index contributed by atoms with van der Waals surface area (Å²) in [7, 11) is 0. The highest BCUT2D eigenvalue weighted by Crippen LogP contribution is 2.47. The van der Waals surface area contributed by atoms with Gasteiger partial charge in [-0.2, -0.15) is 0 Å². The summed E-state index contributed by atoms with van der Waals surface area (Å²) >= 11 is 0. The lowest BCUT2D eigenvalue weighted by molar-refractivity contribution is -0.108. The molecule has 0 bridgehead atoms. The van der Waals surface area contributed by atoms with Gasteiger partial charge in [-0.1, -0.05) is 32.4 Å². The third-order valence-electron chi connectivity index (χ3n) is 5.56. The zero-order chi connectivity index (χ0) is 16.9. The highest BCUT2D eigenvalue weighted by Gasteiger charge is 2.48. The van der Waals surface area contributed by atoms with Gasteiger partial charge in [-0.25, -0.2) is 4.79 Å². The Balaban J connectivity index is 1.90. The quantitative estimate of drug-likeness (QED) is 0.741. The predicted octanol–water partition coefficient (Wildman–Crippen LogP) is 4.06. The van der Waals surface area contributed by atoms with Gasteiger partial charge in [0.2, 0.25) is 0 Å². The van der Waals surface area contributed by atoms with E-state index in [1.165, 1.54) is 19.3 Å². The number of nitrogens with zero attached hydrogens (tertiary/aromatic N) is 1. The van der Waals surface area contributed by atoms with Gasteiger partial charge in [0.1, 0.15) is 11.3 Å². The van der Waals surface area contributed by atoms with E-state index in [2.05, 4.69) is 25.7 Å². The molecule has 1 aromatic heterocycles. The van der Waals surface area contributed by atoms with Gasteiger partial charge in [0, 0.05) is 24.9 Å². The van der Waals surface area contributed by atoms with E-state index in [1.54, 1.807) is 0 Å². The number of hydrogen-bond acceptors (Lipinski definition) is 4. The van der Waals surface area contributed by atoms with Crippen molar-refractivity contribution in [3.8, 4) is 5.75 Å². The summed E-state index contributed by atoms with van der Waals surface area (Å²) in [6.45, 7) is 8.54. The SMILES string of the molecule is CC1(C)C[C@](C)(N2CCCCC2)Oc2c1c(=O)oc1ccccc21. The number of hydrogen-bond donors (Lipinski definition) is 0. The van der Waals surface area contributed by atoms with Crippen molar-refractivity contribution in [3.05, 3.63) is 40.2 Å². The summed E-state index contributed by atoms with van der Waals surface area (Å²) < 4.78 is 12.1. The summed E-state index contributed by atoms with van der Waals surface area (Å²) in [5.41, 5.74) is 0.336. The first kappa shape index (κ1) is 15.7. The monoisotopic (exact) mass is 327 g/mol. The van der Waals surface area contributed by atoms with Crippen LogP contribution in [-0.2, 0) is 5.41 Å². The zero-order valence-corrected chi connectivity index (χ0v) is 14.7. The molecule has 1 atom stereocenters. The second-order valence-corrected chi connectivity index (χ2v) is 7.98. The van der Waals surface area contributed by atoms with Crippen LogP contribution in [0.2, 0.25) is 0 Å². The molecule has 2 aliphatic rings. The van der Waals surface area contributed by atoms with Crippen LogP contribution in [0.5, 0.6) is 5.75 Å². The molecule has 2 aliphatic heterocycles. The molecular formula is C20H25NO3. The van der Waals surface area contributed by atoms with Crippen molar-refractivity contribution >= 4 is 11.0 Å². The molecule has 0 amide bonds. The Morgan fingerprint density at radius 2 is 1.75 bits per heavy atom. The van der Waals surface area contributed by atoms with Crippen molar-refractivity contribution in [2.75, 3.05) is 13.1 Å². The third kappa shape index (κ3) is 2.35. The van der Waals surface area contributed by atoms with Gasteiger partial charge in [0.15, 0.2) is 5.72 Å². The van der Waals surface area contributed by atoms with Gasteiger partial charge in [0.25, 0.3) is 0 Å². The van der Waals surface area contributed by atoms with Crippen molar-refractivity contribution in [2.45, 2.75) is 57.6 Å². The fraction of sp³-hybridized carbons (Fsp3) is 0.550. The lowest BCUT2D eigenvalue weighted by atomic mass is 9.75. The van der Waals surface area contributed by atoms with E-state index in [0.29, 0.717) is 16.9 Å². The van der Waals surface area contributed by atoms with Crippen molar-refractivity contribution in [2.24, 2.45) is 0 Å². The van der Waals surface area contributed by atoms with Crippen LogP contribution in [0.4, 0.5) is 0 Å². The van der Waals surface area contributed by atoms with Crippen molar-refractivity contribution in [3.63, 3.8) is 0 Å². The Labute approximate surface area is 142 Å². The normalized spacial score (nSPS) is 26.8. The molecule has 128 valence electrons. The molecule has 0 spiro atoms. The van der Waals surface area contributed by atoms with E-state index in [1.807, 2.05) is 24.3 Å². The molecule has 1 fully saturated rings. The van der Waals surface area contributed by atoms with E-state index in [0.717, 1.165) is 24.9 Å². The van der Waals surface area contributed by atoms with Crippen molar-refractivity contribution in [1.82, 2.24) is 4.90 Å². The third-order valence-corrected chi connectivity index (χ3v) is 5.56. The fourth-order valence-corrected chi connectivity index (χ4v) is 4.52. The first-order valence-electron chi connectivity index (χ1n) is 8.91. The number of rotatable bonds is 1. The van der Waals surface area contributed by atoms with Crippen LogP contribution >= 0.6 is 0 Å². The minimum absolute atomic E-state index is 0.269. The largest absolute Gasteiger partial charge is 0.471 e. The molecule has 0 aliphatic carbocycles. The Morgan fingerprint density at radius 1 is 1.04 bits per heavy atom. The number of ether oxygens (including phenoxy) is 1. The maximum atomic E-state index is 12.6. The van der Waals surface area contributed by atoms with Crippen LogP contribution in [-0.4, -0.2) is 23.7 Å². The molecule has 4 rings (SSSR count). The lowest BCUT2D eigenvalue weighted by Gasteiger charge is -2.50. The first-order valence-corrected chi connectivity index (χ1v) is 8.91. The Kier molecular flexibility index (Phi) is 3.50. The van der Waals surface area contributed by atoms with E-state index in [4.69, 9.17) is 9.15 Å². The second kappa shape index (κ2) is 5.35. The average molecular weight is 327 g/mol. The molecule has 1 saturated heterocycles. The predicted molar refractivity (Wildman–Crippen MR) is 94.6 cm³/mol. The van der Waals surface area contributed by atoms with E-state index in [9.17, 15) is 4.79 Å². The summed E-state index contributed by atoms with van der Waals surface area (Å²) in [6.07, 6.45) is 4.50. The average Bonchev–Trinajstić information content (AvgIpc) is 2.54. The smallest absolute Gasteiger partial charge is 0.343 e. The van der Waals surface area contributed by atoms with E-state index < -0.39 is 0 Å². The summed E-state index contributed by atoms with van der Waals surface area (Å²) in [5, 5.41) is 0.892. The maximum Gasteiger partial charge on any atom is 0.343 e. The van der Waals surface area contributed by atoms with Gasteiger partial charge in [-0.3, -0.25) is 4.90 Å². The van der Waals surface area contributed by atoms with Crippen LogP contribution in [0, 0.1) is 0 Å². The highest BCUT2D eigenvalue weighted by molar-refractivity contribution is 5.85. The van der Waals surface area contributed by atoms with Gasteiger partial charge in [-0.15, -0.1) is 0 Å². The number of fused-ring (bicyclic) bond motifs is 3.